The zero-order chi connectivity index (χ0) is 10.8. The number of hydrogen-bond donors (Lipinski definition) is 2. The van der Waals surface area contributed by atoms with Gasteiger partial charge in [-0.15, -0.1) is 0 Å². The maximum atomic E-state index is 10.5. The number of nitrogens with one attached hydrogen (secondary N) is 1. The molecule has 0 radical (unpaired) electrons. The van der Waals surface area contributed by atoms with E-state index in [1.165, 1.54) is 6.07 Å². The van der Waals surface area contributed by atoms with E-state index >= 15 is 0 Å². The van der Waals surface area contributed by atoms with Gasteiger partial charge in [-0.2, -0.15) is 0 Å². The lowest BCUT2D eigenvalue weighted by atomic mass is 10.2. The first-order chi connectivity index (χ1) is 7.22. The van der Waals surface area contributed by atoms with Gasteiger partial charge in [-0.3, -0.25) is 4.79 Å². The molecule has 1 heterocycles. The number of carbonyl (C=O) groups is 1. The van der Waals surface area contributed by atoms with Crippen molar-refractivity contribution in [2.45, 2.75) is 0 Å². The van der Waals surface area contributed by atoms with Crippen molar-refractivity contribution < 1.29 is 9.90 Å². The third kappa shape index (κ3) is 1.71. The van der Waals surface area contributed by atoms with Crippen LogP contribution in [0.5, 0.6) is 5.75 Å². The van der Waals surface area contributed by atoms with Crippen LogP contribution in [0.15, 0.2) is 24.3 Å². The van der Waals surface area contributed by atoms with Crippen LogP contribution in [0.4, 0.5) is 0 Å². The fraction of sp³-hybridized carbons (Fsp3) is 0. The predicted molar refractivity (Wildman–Crippen MR) is 56.1 cm³/mol. The zero-order valence-corrected chi connectivity index (χ0v) is 8.32. The SMILES string of the molecule is O=Cc1nc(-c2ccccc2O)[nH]c1Cl. The topological polar surface area (TPSA) is 66.0 Å². The van der Waals surface area contributed by atoms with E-state index in [1.54, 1.807) is 18.2 Å². The minimum absolute atomic E-state index is 0.0837. The molecule has 1 aromatic carbocycles. The Kier molecular flexibility index (Phi) is 2.43. The van der Waals surface area contributed by atoms with E-state index in [0.29, 0.717) is 17.7 Å². The Hall–Kier alpha value is -1.81. The van der Waals surface area contributed by atoms with E-state index in [4.69, 9.17) is 11.6 Å². The number of aldehydes is 1. The van der Waals surface area contributed by atoms with Crippen LogP contribution in [-0.4, -0.2) is 21.4 Å². The number of aromatic amines is 1. The van der Waals surface area contributed by atoms with Gasteiger partial charge in [-0.25, -0.2) is 4.98 Å². The standard InChI is InChI=1S/C10H7ClN2O2/c11-9-7(5-14)12-10(13-9)6-3-1-2-4-8(6)15/h1-5,15H,(H,12,13). The predicted octanol–water partition coefficient (Wildman–Crippen LogP) is 2.25. The van der Waals surface area contributed by atoms with Crippen LogP contribution >= 0.6 is 11.6 Å². The molecule has 0 unspecified atom stereocenters. The normalized spacial score (nSPS) is 10.2. The third-order valence-corrected chi connectivity index (χ3v) is 2.24. The molecule has 76 valence electrons. The second kappa shape index (κ2) is 3.74. The molecule has 0 atom stereocenters. The number of benzene rings is 1. The summed E-state index contributed by atoms with van der Waals surface area (Å²) in [5, 5.41) is 9.72. The summed E-state index contributed by atoms with van der Waals surface area (Å²) in [7, 11) is 0. The van der Waals surface area contributed by atoms with E-state index in [-0.39, 0.29) is 16.6 Å². The van der Waals surface area contributed by atoms with Crippen LogP contribution in [0.2, 0.25) is 5.15 Å². The van der Waals surface area contributed by atoms with Crippen molar-refractivity contribution in [1.82, 2.24) is 9.97 Å². The van der Waals surface area contributed by atoms with Gasteiger partial charge in [0.15, 0.2) is 6.29 Å². The van der Waals surface area contributed by atoms with Crippen molar-refractivity contribution in [3.8, 4) is 17.1 Å². The molecule has 0 spiro atoms. The van der Waals surface area contributed by atoms with Crippen molar-refractivity contribution >= 4 is 17.9 Å². The molecular formula is C10H7ClN2O2. The van der Waals surface area contributed by atoms with Gasteiger partial charge in [0.25, 0.3) is 0 Å². The summed E-state index contributed by atoms with van der Waals surface area (Å²) in [6.07, 6.45) is 0.558. The molecule has 1 aromatic heterocycles. The number of aromatic nitrogens is 2. The quantitative estimate of drug-likeness (QED) is 0.766. The maximum Gasteiger partial charge on any atom is 0.171 e. The largest absolute Gasteiger partial charge is 0.507 e. The molecule has 2 rings (SSSR count). The lowest BCUT2D eigenvalue weighted by molar-refractivity contribution is 0.111. The minimum atomic E-state index is 0.0837. The van der Waals surface area contributed by atoms with Crippen molar-refractivity contribution in [2.75, 3.05) is 0 Å². The van der Waals surface area contributed by atoms with Crippen LogP contribution in [0.1, 0.15) is 10.5 Å². The molecule has 0 amide bonds. The summed E-state index contributed by atoms with van der Waals surface area (Å²) in [4.78, 5) is 17.2. The van der Waals surface area contributed by atoms with Crippen LogP contribution in [0, 0.1) is 0 Å². The molecule has 15 heavy (non-hydrogen) atoms. The van der Waals surface area contributed by atoms with Crippen molar-refractivity contribution in [3.05, 3.63) is 35.1 Å². The molecule has 5 heteroatoms. The van der Waals surface area contributed by atoms with E-state index in [9.17, 15) is 9.90 Å². The Bertz CT molecular complexity index is 508. The number of aromatic hydroxyl groups is 1. The van der Waals surface area contributed by atoms with E-state index in [1.807, 2.05) is 0 Å². The van der Waals surface area contributed by atoms with Crippen LogP contribution in [0.3, 0.4) is 0 Å². The number of rotatable bonds is 2. The van der Waals surface area contributed by atoms with Crippen LogP contribution in [0.25, 0.3) is 11.4 Å². The maximum absolute atomic E-state index is 10.5. The Balaban J connectivity index is 2.55. The zero-order valence-electron chi connectivity index (χ0n) is 7.57. The fourth-order valence-corrected chi connectivity index (χ4v) is 1.42. The Morgan fingerprint density at radius 3 is 2.73 bits per heavy atom. The summed E-state index contributed by atoms with van der Waals surface area (Å²) in [5.74, 6) is 0.459. The van der Waals surface area contributed by atoms with Crippen molar-refractivity contribution in [1.29, 1.82) is 0 Å². The summed E-state index contributed by atoms with van der Waals surface area (Å²) in [6, 6.07) is 6.67. The van der Waals surface area contributed by atoms with Gasteiger partial charge in [0.2, 0.25) is 0 Å². The number of H-pyrrole nitrogens is 1. The van der Waals surface area contributed by atoms with Gasteiger partial charge in [0.1, 0.15) is 22.4 Å². The molecule has 2 aromatic rings. The average molecular weight is 223 g/mol. The molecule has 0 aliphatic rings. The average Bonchev–Trinajstić information content (AvgIpc) is 2.60. The molecular weight excluding hydrogens is 216 g/mol. The van der Waals surface area contributed by atoms with Gasteiger partial charge in [0.05, 0.1) is 5.56 Å². The van der Waals surface area contributed by atoms with Crippen molar-refractivity contribution in [3.63, 3.8) is 0 Å². The second-order valence-corrected chi connectivity index (χ2v) is 3.30. The summed E-state index contributed by atoms with van der Waals surface area (Å²) < 4.78 is 0. The van der Waals surface area contributed by atoms with E-state index < -0.39 is 0 Å². The molecule has 0 saturated carbocycles. The summed E-state index contributed by atoms with van der Waals surface area (Å²) >= 11 is 5.72. The Morgan fingerprint density at radius 2 is 2.13 bits per heavy atom. The van der Waals surface area contributed by atoms with Gasteiger partial charge >= 0.3 is 0 Å². The molecule has 0 bridgehead atoms. The van der Waals surface area contributed by atoms with Crippen LogP contribution < -0.4 is 0 Å². The van der Waals surface area contributed by atoms with Gasteiger partial charge < -0.3 is 10.1 Å². The third-order valence-electron chi connectivity index (χ3n) is 1.96. The Morgan fingerprint density at radius 1 is 1.40 bits per heavy atom. The van der Waals surface area contributed by atoms with E-state index in [2.05, 4.69) is 9.97 Å². The van der Waals surface area contributed by atoms with E-state index in [0.717, 1.165) is 0 Å². The number of para-hydroxylation sites is 1. The van der Waals surface area contributed by atoms with Gasteiger partial charge in [0, 0.05) is 0 Å². The number of hydrogen-bond acceptors (Lipinski definition) is 3. The van der Waals surface area contributed by atoms with Crippen molar-refractivity contribution in [2.24, 2.45) is 0 Å². The number of nitrogens with zero attached hydrogens (tertiary/aromatic N) is 1. The number of imidazole rings is 1. The lowest BCUT2D eigenvalue weighted by Gasteiger charge is -1.98. The molecule has 0 fully saturated rings. The highest BCUT2D eigenvalue weighted by Gasteiger charge is 2.11. The van der Waals surface area contributed by atoms with Gasteiger partial charge in [-0.05, 0) is 12.1 Å². The molecule has 0 saturated heterocycles. The minimum Gasteiger partial charge on any atom is -0.507 e. The fourth-order valence-electron chi connectivity index (χ4n) is 1.25. The number of halogens is 1. The summed E-state index contributed by atoms with van der Waals surface area (Å²) in [6.45, 7) is 0. The molecule has 2 N–H and O–H groups in total. The molecule has 4 nitrogen and oxygen atoms in total. The number of phenolic OH excluding ortho intramolecular Hbond substituents is 1. The number of phenols is 1. The van der Waals surface area contributed by atoms with Crippen LogP contribution in [-0.2, 0) is 0 Å². The molecule has 0 aliphatic carbocycles. The summed E-state index contributed by atoms with van der Waals surface area (Å²) in [5.41, 5.74) is 0.641. The first kappa shape index (κ1) is 9.73. The highest BCUT2D eigenvalue weighted by molar-refractivity contribution is 6.31. The second-order valence-electron chi connectivity index (χ2n) is 2.92. The molecule has 0 aliphatic heterocycles. The first-order valence-corrected chi connectivity index (χ1v) is 4.59. The smallest absolute Gasteiger partial charge is 0.171 e. The number of carbonyl (C=O) groups excluding carboxylic acids is 1. The highest BCUT2D eigenvalue weighted by atomic mass is 35.5. The Labute approximate surface area is 90.5 Å². The first-order valence-electron chi connectivity index (χ1n) is 4.21. The lowest BCUT2D eigenvalue weighted by Crippen LogP contribution is -1.82. The monoisotopic (exact) mass is 222 g/mol. The highest BCUT2D eigenvalue weighted by Crippen LogP contribution is 2.27. The van der Waals surface area contributed by atoms with Gasteiger partial charge in [-0.1, -0.05) is 23.7 Å².